The Balaban J connectivity index is 1.39. The van der Waals surface area contributed by atoms with Gasteiger partial charge < -0.3 is 24.8 Å². The average Bonchev–Trinajstić information content (AvgIpc) is 2.88. The van der Waals surface area contributed by atoms with Gasteiger partial charge in [0.2, 0.25) is 5.91 Å². The number of fused-ring (bicyclic) bond motifs is 1. The Morgan fingerprint density at radius 2 is 1.89 bits per heavy atom. The first-order valence-corrected chi connectivity index (χ1v) is 11.9. The number of nitro benzene ring substituents is 1. The number of aliphatic hydroxyl groups is 1. The number of para-hydroxylation sites is 1. The number of carbonyl (C=O) groups excluding carboxylic acids is 3. The molecular weight excluding hydrogens is 490 g/mol. The van der Waals surface area contributed by atoms with Gasteiger partial charge in [-0.3, -0.25) is 19.7 Å². The molecule has 2 heterocycles. The van der Waals surface area contributed by atoms with Gasteiger partial charge in [-0.15, -0.1) is 11.8 Å². The molecule has 0 saturated carbocycles. The van der Waals surface area contributed by atoms with E-state index in [4.69, 9.17) is 9.47 Å². The number of nitro groups is 1. The molecule has 0 aromatic heterocycles. The Morgan fingerprint density at radius 1 is 1.19 bits per heavy atom. The van der Waals surface area contributed by atoms with Gasteiger partial charge in [-0.2, -0.15) is 0 Å². The van der Waals surface area contributed by atoms with Crippen molar-refractivity contribution in [2.75, 3.05) is 6.61 Å². The lowest BCUT2D eigenvalue weighted by Gasteiger charge is -2.52. The smallest absolute Gasteiger partial charge is 0.333 e. The fourth-order valence-electron chi connectivity index (χ4n) is 3.82. The SMILES string of the molecule is CC(O)C1=CS[C@H]2[C@H](NC(=O)COc3ccccc3)C(=O)N2C1C(=O)OCc1ccc([N+](=O)[O-])cc1. The summed E-state index contributed by atoms with van der Waals surface area (Å²) in [6, 6.07) is 12.3. The van der Waals surface area contributed by atoms with Crippen molar-refractivity contribution in [1.82, 2.24) is 10.2 Å². The van der Waals surface area contributed by atoms with Crippen LogP contribution in [0.25, 0.3) is 0 Å². The molecule has 0 radical (unpaired) electrons. The van der Waals surface area contributed by atoms with Gasteiger partial charge in [-0.05, 0) is 47.7 Å². The molecule has 0 bridgehead atoms. The molecule has 0 spiro atoms. The van der Waals surface area contributed by atoms with Crippen LogP contribution in [-0.4, -0.2) is 62.9 Å². The van der Waals surface area contributed by atoms with Crippen molar-refractivity contribution >= 4 is 35.2 Å². The highest BCUT2D eigenvalue weighted by molar-refractivity contribution is 8.03. The van der Waals surface area contributed by atoms with Gasteiger partial charge in [0.15, 0.2) is 12.6 Å². The number of β-lactam (4-membered cyclic amide) rings is 1. The van der Waals surface area contributed by atoms with Crippen molar-refractivity contribution in [1.29, 1.82) is 0 Å². The van der Waals surface area contributed by atoms with Gasteiger partial charge in [0.1, 0.15) is 23.8 Å². The van der Waals surface area contributed by atoms with Crippen LogP contribution < -0.4 is 10.1 Å². The summed E-state index contributed by atoms with van der Waals surface area (Å²) < 4.78 is 10.8. The van der Waals surface area contributed by atoms with Crippen LogP contribution in [-0.2, 0) is 25.7 Å². The van der Waals surface area contributed by atoms with Crippen LogP contribution in [0.5, 0.6) is 5.75 Å². The molecule has 0 aliphatic carbocycles. The highest BCUT2D eigenvalue weighted by Gasteiger charge is 2.56. The van der Waals surface area contributed by atoms with Gasteiger partial charge in [0, 0.05) is 12.1 Å². The maximum absolute atomic E-state index is 13.0. The number of rotatable bonds is 9. The lowest BCUT2D eigenvalue weighted by Crippen LogP contribution is -2.74. The third-order valence-corrected chi connectivity index (χ3v) is 6.87. The van der Waals surface area contributed by atoms with E-state index in [0.717, 1.165) is 0 Å². The van der Waals surface area contributed by atoms with E-state index >= 15 is 0 Å². The largest absolute Gasteiger partial charge is 0.484 e. The van der Waals surface area contributed by atoms with E-state index < -0.39 is 46.3 Å². The van der Waals surface area contributed by atoms with E-state index in [9.17, 15) is 29.6 Å². The predicted octanol–water partition coefficient (Wildman–Crippen LogP) is 1.75. The van der Waals surface area contributed by atoms with Gasteiger partial charge in [0.25, 0.3) is 11.6 Å². The number of thioether (sulfide) groups is 1. The summed E-state index contributed by atoms with van der Waals surface area (Å²) in [7, 11) is 0. The fourth-order valence-corrected chi connectivity index (χ4v) is 5.14. The second-order valence-corrected chi connectivity index (χ2v) is 9.14. The third kappa shape index (κ3) is 5.34. The van der Waals surface area contributed by atoms with E-state index in [0.29, 0.717) is 16.9 Å². The number of amides is 2. The molecule has 2 unspecified atom stereocenters. The number of carbonyl (C=O) groups is 3. The lowest BCUT2D eigenvalue weighted by molar-refractivity contribution is -0.384. The predicted molar refractivity (Wildman–Crippen MR) is 129 cm³/mol. The van der Waals surface area contributed by atoms with Crippen molar-refractivity contribution in [3.63, 3.8) is 0 Å². The third-order valence-electron chi connectivity index (χ3n) is 5.68. The molecule has 188 valence electrons. The van der Waals surface area contributed by atoms with Crippen molar-refractivity contribution < 1.29 is 33.9 Å². The molecule has 2 aliphatic heterocycles. The Hall–Kier alpha value is -3.90. The monoisotopic (exact) mass is 513 g/mol. The molecule has 2 N–H and O–H groups in total. The standard InChI is InChI=1S/C24H23N3O8S/c1-14(28)18-13-36-23-20(25-19(29)12-34-17-5-3-2-4-6-17)22(30)26(23)21(18)24(31)35-11-15-7-9-16(10-8-15)27(32)33/h2-10,13-14,20-21,23,28H,11-12H2,1H3,(H,25,29)/t14?,20-,21?,23+/m1/s1. The van der Waals surface area contributed by atoms with Gasteiger partial charge in [0.05, 0.1) is 11.0 Å². The average molecular weight is 514 g/mol. The van der Waals surface area contributed by atoms with Crippen LogP contribution in [0, 0.1) is 10.1 Å². The zero-order chi connectivity index (χ0) is 25.8. The summed E-state index contributed by atoms with van der Waals surface area (Å²) in [4.78, 5) is 49.8. The molecule has 1 saturated heterocycles. The summed E-state index contributed by atoms with van der Waals surface area (Å²) in [5.41, 5.74) is 0.734. The second kappa shape index (κ2) is 10.8. The normalized spacial score (nSPS) is 21.4. The molecular formula is C24H23N3O8S. The van der Waals surface area contributed by atoms with E-state index in [1.807, 2.05) is 6.07 Å². The van der Waals surface area contributed by atoms with Crippen LogP contribution in [0.3, 0.4) is 0 Å². The number of benzene rings is 2. The molecule has 2 amide bonds. The summed E-state index contributed by atoms with van der Waals surface area (Å²) in [5.74, 6) is -1.21. The summed E-state index contributed by atoms with van der Waals surface area (Å²) in [6.45, 7) is 1.03. The minimum atomic E-state index is -1.16. The Labute approximate surface area is 210 Å². The number of hydrogen-bond acceptors (Lipinski definition) is 9. The first-order valence-electron chi connectivity index (χ1n) is 11.0. The first kappa shape index (κ1) is 25.2. The van der Waals surface area contributed by atoms with E-state index in [1.165, 1.54) is 47.9 Å². The van der Waals surface area contributed by atoms with Crippen LogP contribution in [0.15, 0.2) is 65.6 Å². The van der Waals surface area contributed by atoms with E-state index in [-0.39, 0.29) is 18.9 Å². The van der Waals surface area contributed by atoms with Crippen molar-refractivity contribution in [3.05, 3.63) is 81.3 Å². The molecule has 36 heavy (non-hydrogen) atoms. The fraction of sp³-hybridized carbons (Fsp3) is 0.292. The molecule has 2 aromatic carbocycles. The lowest BCUT2D eigenvalue weighted by atomic mass is 9.95. The van der Waals surface area contributed by atoms with Crippen LogP contribution in [0.2, 0.25) is 0 Å². The summed E-state index contributed by atoms with van der Waals surface area (Å²) >= 11 is 1.21. The minimum Gasteiger partial charge on any atom is -0.484 e. The highest BCUT2D eigenvalue weighted by Crippen LogP contribution is 2.41. The molecule has 11 nitrogen and oxygen atoms in total. The highest BCUT2D eigenvalue weighted by atomic mass is 32.2. The molecule has 2 aromatic rings. The Morgan fingerprint density at radius 3 is 2.53 bits per heavy atom. The topological polar surface area (TPSA) is 148 Å². The van der Waals surface area contributed by atoms with Crippen LogP contribution in [0.1, 0.15) is 12.5 Å². The minimum absolute atomic E-state index is 0.0926. The maximum Gasteiger partial charge on any atom is 0.333 e. The quantitative estimate of drug-likeness (QED) is 0.221. The zero-order valence-corrected chi connectivity index (χ0v) is 19.9. The van der Waals surface area contributed by atoms with Crippen LogP contribution >= 0.6 is 11.8 Å². The van der Waals surface area contributed by atoms with Crippen molar-refractivity contribution in [2.45, 2.75) is 37.1 Å². The van der Waals surface area contributed by atoms with Crippen molar-refractivity contribution in [2.24, 2.45) is 0 Å². The van der Waals surface area contributed by atoms with Gasteiger partial charge in [-0.1, -0.05) is 18.2 Å². The number of esters is 1. The molecule has 2 aliphatic rings. The summed E-state index contributed by atoms with van der Waals surface area (Å²) in [6.07, 6.45) is -1.02. The Bertz CT molecular complexity index is 1190. The number of nitrogens with one attached hydrogen (secondary N) is 1. The Kier molecular flexibility index (Phi) is 7.55. The number of hydrogen-bond donors (Lipinski definition) is 2. The van der Waals surface area contributed by atoms with Gasteiger partial charge >= 0.3 is 5.97 Å². The first-order chi connectivity index (χ1) is 17.3. The van der Waals surface area contributed by atoms with Crippen LogP contribution in [0.4, 0.5) is 5.69 Å². The zero-order valence-electron chi connectivity index (χ0n) is 19.1. The van der Waals surface area contributed by atoms with Crippen molar-refractivity contribution in [3.8, 4) is 5.75 Å². The molecule has 4 rings (SSSR count). The maximum atomic E-state index is 13.0. The number of ether oxygens (including phenoxy) is 2. The van der Waals surface area contributed by atoms with Gasteiger partial charge in [-0.25, -0.2) is 4.79 Å². The van der Waals surface area contributed by atoms with E-state index in [2.05, 4.69) is 5.32 Å². The molecule has 4 atom stereocenters. The second-order valence-electron chi connectivity index (χ2n) is 8.15. The number of non-ortho nitro benzene ring substituents is 1. The molecule has 12 heteroatoms. The number of aliphatic hydroxyl groups excluding tert-OH is 1. The number of nitrogens with zero attached hydrogens (tertiary/aromatic N) is 2. The molecule has 1 fully saturated rings. The van der Waals surface area contributed by atoms with E-state index in [1.54, 1.807) is 29.7 Å². The summed E-state index contributed by atoms with van der Waals surface area (Å²) in [5, 5.41) is 24.7.